The minimum absolute atomic E-state index is 0.0553. The number of nitrogens with zero attached hydrogens (tertiary/aromatic N) is 2. The van der Waals surface area contributed by atoms with Gasteiger partial charge in [-0.1, -0.05) is 42.5 Å². The second-order valence-corrected chi connectivity index (χ2v) is 9.63. The highest BCUT2D eigenvalue weighted by atomic mass is 16.5. The number of piperidine rings is 1. The van der Waals surface area contributed by atoms with Gasteiger partial charge in [0.05, 0.1) is 5.52 Å². The van der Waals surface area contributed by atoms with Gasteiger partial charge in [-0.25, -0.2) is 0 Å². The molecule has 1 atom stereocenters. The summed E-state index contributed by atoms with van der Waals surface area (Å²) in [5.41, 5.74) is 2.79. The van der Waals surface area contributed by atoms with Crippen LogP contribution in [0.15, 0.2) is 54.6 Å². The Balaban J connectivity index is 1.77. The molecular formula is C29H39N3O3. The number of carbonyl (C=O) groups excluding carboxylic acids is 1. The maximum atomic E-state index is 14.4. The predicted octanol–water partition coefficient (Wildman–Crippen LogP) is 5.25. The molecule has 0 radical (unpaired) electrons. The van der Waals surface area contributed by atoms with Crippen LogP contribution in [0.4, 0.5) is 0 Å². The Morgan fingerprint density at radius 1 is 1.11 bits per heavy atom. The first-order valence-corrected chi connectivity index (χ1v) is 12.9. The summed E-state index contributed by atoms with van der Waals surface area (Å²) in [6, 6.07) is 18.6. The highest BCUT2D eigenvalue weighted by Crippen LogP contribution is 2.36. The van der Waals surface area contributed by atoms with Crippen LogP contribution in [0.2, 0.25) is 0 Å². The van der Waals surface area contributed by atoms with Gasteiger partial charge in [0, 0.05) is 44.3 Å². The van der Waals surface area contributed by atoms with E-state index < -0.39 is 0 Å². The summed E-state index contributed by atoms with van der Waals surface area (Å²) in [5.74, 6) is 0.746. The Morgan fingerprint density at radius 3 is 2.60 bits per heavy atom. The van der Waals surface area contributed by atoms with Crippen LogP contribution >= 0.6 is 0 Å². The van der Waals surface area contributed by atoms with E-state index in [9.17, 15) is 4.79 Å². The first-order valence-electron chi connectivity index (χ1n) is 12.9. The molecule has 2 aromatic carbocycles. The molecule has 2 heterocycles. The third kappa shape index (κ3) is 5.88. The molecule has 0 bridgehead atoms. The quantitative estimate of drug-likeness (QED) is 0.383. The van der Waals surface area contributed by atoms with E-state index in [1.807, 2.05) is 30.3 Å². The lowest BCUT2D eigenvalue weighted by atomic mass is 10.0. The van der Waals surface area contributed by atoms with Gasteiger partial charge in [-0.3, -0.25) is 4.79 Å². The number of hydrogen-bond acceptors (Lipinski definition) is 4. The van der Waals surface area contributed by atoms with Gasteiger partial charge >= 0.3 is 0 Å². The Hall–Kier alpha value is -2.83. The van der Waals surface area contributed by atoms with Gasteiger partial charge in [-0.2, -0.15) is 0 Å². The SMILES string of the molecule is COCCCCn1c(C(=O)N(C(C)C)[C@@H]2CCCNC2)c(OCc2ccccc2)c2ccccc21. The van der Waals surface area contributed by atoms with Crippen molar-refractivity contribution in [2.24, 2.45) is 0 Å². The lowest BCUT2D eigenvalue weighted by Crippen LogP contribution is -2.52. The van der Waals surface area contributed by atoms with Crippen LogP contribution in [-0.2, 0) is 17.9 Å². The zero-order valence-electron chi connectivity index (χ0n) is 21.3. The fraction of sp³-hybridized carbons (Fsp3) is 0.483. The van der Waals surface area contributed by atoms with E-state index in [1.54, 1.807) is 7.11 Å². The average Bonchev–Trinajstić information content (AvgIpc) is 3.20. The number of amides is 1. The molecule has 1 aliphatic heterocycles. The topological polar surface area (TPSA) is 55.7 Å². The Morgan fingerprint density at radius 2 is 1.89 bits per heavy atom. The number of fused-ring (bicyclic) bond motifs is 1. The van der Waals surface area contributed by atoms with E-state index in [0.29, 0.717) is 24.7 Å². The highest BCUT2D eigenvalue weighted by molar-refractivity contribution is 6.04. The first-order chi connectivity index (χ1) is 17.1. The van der Waals surface area contributed by atoms with Crippen molar-refractivity contribution in [2.45, 2.75) is 64.8 Å². The van der Waals surface area contributed by atoms with Crippen LogP contribution in [0.25, 0.3) is 10.9 Å². The summed E-state index contributed by atoms with van der Waals surface area (Å²) in [6.45, 7) is 7.96. The van der Waals surface area contributed by atoms with E-state index >= 15 is 0 Å². The van der Waals surface area contributed by atoms with Gasteiger partial charge in [0.25, 0.3) is 5.91 Å². The number of aromatic nitrogens is 1. The summed E-state index contributed by atoms with van der Waals surface area (Å²) in [6.07, 6.45) is 3.97. The van der Waals surface area contributed by atoms with Crippen LogP contribution in [0.5, 0.6) is 5.75 Å². The number of rotatable bonds is 11. The molecule has 6 heteroatoms. The van der Waals surface area contributed by atoms with Gasteiger partial charge in [0.2, 0.25) is 0 Å². The third-order valence-electron chi connectivity index (χ3n) is 6.79. The molecule has 1 saturated heterocycles. The summed E-state index contributed by atoms with van der Waals surface area (Å²) < 4.78 is 13.9. The first kappa shape index (κ1) is 25.3. The predicted molar refractivity (Wildman–Crippen MR) is 141 cm³/mol. The minimum Gasteiger partial charge on any atom is -0.486 e. The van der Waals surface area contributed by atoms with Crippen LogP contribution in [0, 0.1) is 0 Å². The molecule has 1 aromatic heterocycles. The monoisotopic (exact) mass is 477 g/mol. The van der Waals surface area contributed by atoms with E-state index in [1.165, 1.54) is 0 Å². The molecule has 1 amide bonds. The number of ether oxygens (including phenoxy) is 2. The number of benzene rings is 2. The number of nitrogens with one attached hydrogen (secondary N) is 1. The van der Waals surface area contributed by atoms with Gasteiger partial charge < -0.3 is 24.3 Å². The number of methoxy groups -OCH3 is 1. The largest absolute Gasteiger partial charge is 0.486 e. The summed E-state index contributed by atoms with van der Waals surface area (Å²) in [4.78, 5) is 16.4. The number of hydrogen-bond donors (Lipinski definition) is 1. The summed E-state index contributed by atoms with van der Waals surface area (Å²) >= 11 is 0. The van der Waals surface area contributed by atoms with Crippen molar-refractivity contribution < 1.29 is 14.3 Å². The molecular weight excluding hydrogens is 438 g/mol. The van der Waals surface area contributed by atoms with E-state index in [4.69, 9.17) is 9.47 Å². The van der Waals surface area contributed by atoms with Crippen LogP contribution < -0.4 is 10.1 Å². The Labute approximate surface area is 209 Å². The Bertz CT molecular complexity index is 1090. The molecule has 4 rings (SSSR count). The third-order valence-corrected chi connectivity index (χ3v) is 6.79. The summed E-state index contributed by atoms with van der Waals surface area (Å²) in [5, 5.41) is 4.47. The lowest BCUT2D eigenvalue weighted by Gasteiger charge is -2.38. The molecule has 0 saturated carbocycles. The second-order valence-electron chi connectivity index (χ2n) is 9.63. The maximum absolute atomic E-state index is 14.4. The average molecular weight is 478 g/mol. The van der Waals surface area contributed by atoms with E-state index in [2.05, 4.69) is 52.9 Å². The zero-order valence-corrected chi connectivity index (χ0v) is 21.3. The van der Waals surface area contributed by atoms with Gasteiger partial charge in [-0.15, -0.1) is 0 Å². The van der Waals surface area contributed by atoms with Crippen molar-refractivity contribution in [1.29, 1.82) is 0 Å². The van der Waals surface area contributed by atoms with Crippen LogP contribution in [0.1, 0.15) is 55.6 Å². The molecule has 1 N–H and O–H groups in total. The molecule has 188 valence electrons. The van der Waals surface area contributed by atoms with E-state index in [-0.39, 0.29) is 18.0 Å². The van der Waals surface area contributed by atoms with Gasteiger partial charge in [-0.05, 0) is 63.8 Å². The Kier molecular flexibility index (Phi) is 8.83. The lowest BCUT2D eigenvalue weighted by molar-refractivity contribution is 0.0557. The van der Waals surface area contributed by atoms with Crippen molar-refractivity contribution in [3.05, 3.63) is 65.9 Å². The van der Waals surface area contributed by atoms with Crippen LogP contribution in [-0.4, -0.2) is 54.3 Å². The number of para-hydroxylation sites is 1. The molecule has 6 nitrogen and oxygen atoms in total. The molecule has 1 aliphatic rings. The summed E-state index contributed by atoms with van der Waals surface area (Å²) in [7, 11) is 1.73. The molecule has 3 aromatic rings. The fourth-order valence-corrected chi connectivity index (χ4v) is 5.12. The molecule has 0 aliphatic carbocycles. The molecule has 0 spiro atoms. The smallest absolute Gasteiger partial charge is 0.274 e. The van der Waals surface area contributed by atoms with Gasteiger partial charge in [0.1, 0.15) is 6.61 Å². The normalized spacial score (nSPS) is 16.1. The minimum atomic E-state index is 0.0553. The van der Waals surface area contributed by atoms with E-state index in [0.717, 1.165) is 61.8 Å². The number of aryl methyl sites for hydroxylation is 1. The number of carbonyl (C=O) groups is 1. The van der Waals surface area contributed by atoms with Gasteiger partial charge in [0.15, 0.2) is 11.4 Å². The second kappa shape index (κ2) is 12.2. The van der Waals surface area contributed by atoms with Crippen molar-refractivity contribution in [3.8, 4) is 5.75 Å². The van der Waals surface area contributed by atoms with Crippen molar-refractivity contribution >= 4 is 16.8 Å². The fourth-order valence-electron chi connectivity index (χ4n) is 5.12. The van der Waals surface area contributed by atoms with Crippen molar-refractivity contribution in [1.82, 2.24) is 14.8 Å². The number of unbranched alkanes of at least 4 members (excludes halogenated alkanes) is 1. The molecule has 35 heavy (non-hydrogen) atoms. The zero-order chi connectivity index (χ0) is 24.6. The molecule has 0 unspecified atom stereocenters. The van der Waals surface area contributed by atoms with Crippen LogP contribution in [0.3, 0.4) is 0 Å². The van der Waals surface area contributed by atoms with Crippen molar-refractivity contribution in [3.63, 3.8) is 0 Å². The molecule has 1 fully saturated rings. The van der Waals surface area contributed by atoms with Crippen molar-refractivity contribution in [2.75, 3.05) is 26.8 Å². The standard InChI is InChI=1S/C29H39N3O3/c1-22(2)32(24-14-11-17-30-20-24)29(33)27-28(35-21-23-12-5-4-6-13-23)25-15-7-8-16-26(25)31(27)18-9-10-19-34-3/h4-8,12-13,15-16,22,24,30H,9-11,14,17-21H2,1-3H3/t24-/m1/s1. The maximum Gasteiger partial charge on any atom is 0.274 e. The highest BCUT2D eigenvalue weighted by Gasteiger charge is 2.33.